The van der Waals surface area contributed by atoms with Crippen molar-refractivity contribution in [3.05, 3.63) is 18.7 Å². The molecule has 0 radical (unpaired) electrons. The van der Waals surface area contributed by atoms with Gasteiger partial charge in [0.25, 0.3) is 0 Å². The van der Waals surface area contributed by atoms with Crippen LogP contribution in [0.5, 0.6) is 0 Å². The van der Waals surface area contributed by atoms with Gasteiger partial charge in [-0.25, -0.2) is 4.18 Å². The van der Waals surface area contributed by atoms with Crippen LogP contribution in [0.2, 0.25) is 0 Å². The van der Waals surface area contributed by atoms with Gasteiger partial charge in [-0.2, -0.15) is 8.42 Å². The van der Waals surface area contributed by atoms with Crippen LogP contribution < -0.4 is 14.4 Å². The fourth-order valence-corrected chi connectivity index (χ4v) is 1.15. The van der Waals surface area contributed by atoms with Gasteiger partial charge in [0.05, 0.1) is 0 Å². The summed E-state index contributed by atoms with van der Waals surface area (Å²) >= 11 is 0. The maximum absolute atomic E-state index is 10.2. The molecule has 0 aliphatic rings. The Hall–Kier alpha value is -1.76. The largest absolute Gasteiger partial charge is 0.397 e. The molecule has 0 unspecified atom stereocenters. The summed E-state index contributed by atoms with van der Waals surface area (Å²) in [5.41, 5.74) is 0. The van der Waals surface area contributed by atoms with Crippen LogP contribution >= 0.6 is 0 Å². The zero-order valence-electron chi connectivity index (χ0n) is 8.72. The van der Waals surface area contributed by atoms with Gasteiger partial charge in [-0.15, -0.1) is 6.42 Å². The monoisotopic (exact) mass is 263 g/mol. The summed E-state index contributed by atoms with van der Waals surface area (Å²) in [6.07, 6.45) is 9.49. The number of aromatic nitrogens is 2. The highest BCUT2D eigenvalue weighted by atomic mass is 32.3. The van der Waals surface area contributed by atoms with Gasteiger partial charge >= 0.3 is 16.7 Å². The molecule has 1 rings (SSSR count). The second-order valence-corrected chi connectivity index (χ2v) is 3.79. The Labute approximate surface area is 98.2 Å². The Kier molecular flexibility index (Phi) is 4.77. The molecule has 8 nitrogen and oxygen atoms in total. The lowest BCUT2D eigenvalue weighted by atomic mass is 10.8. The van der Waals surface area contributed by atoms with Crippen LogP contribution in [0.4, 0.5) is 0 Å². The van der Waals surface area contributed by atoms with Crippen molar-refractivity contribution in [2.24, 2.45) is 0 Å². The summed E-state index contributed by atoms with van der Waals surface area (Å²) in [4.78, 5) is 10.0. The number of hydrogen-bond donors (Lipinski definition) is 1. The summed E-state index contributed by atoms with van der Waals surface area (Å²) < 4.78 is 35.3. The smallest absolute Gasteiger partial charge is 0.333 e. The molecule has 0 saturated heterocycles. The quantitative estimate of drug-likeness (QED) is 0.267. The number of terminal acetylenes is 1. The predicted molar refractivity (Wildman–Crippen MR) is 53.9 cm³/mol. The molecule has 1 aromatic heterocycles. The van der Waals surface area contributed by atoms with E-state index >= 15 is 0 Å². The van der Waals surface area contributed by atoms with Gasteiger partial charge in [-0.05, 0) is 9.46 Å². The first-order chi connectivity index (χ1) is 8.01. The fraction of sp³-hybridized carbons (Fsp3) is 0.375. The SMILES string of the molecule is C#CCOn1cc[n+](OCCOS(=O)(=O)O)c1. The van der Waals surface area contributed by atoms with E-state index in [1.165, 1.54) is 22.0 Å². The van der Waals surface area contributed by atoms with Gasteiger partial charge in [0.1, 0.15) is 6.61 Å². The van der Waals surface area contributed by atoms with Crippen LogP contribution in [-0.2, 0) is 14.6 Å². The Bertz CT molecular complexity index is 488. The van der Waals surface area contributed by atoms with Crippen LogP contribution in [0, 0.1) is 12.3 Å². The van der Waals surface area contributed by atoms with Gasteiger partial charge in [-0.3, -0.25) is 4.55 Å². The Balaban J connectivity index is 2.28. The molecule has 0 fully saturated rings. The number of rotatable bonds is 7. The molecule has 0 bridgehead atoms. The molecule has 0 saturated carbocycles. The van der Waals surface area contributed by atoms with Crippen LogP contribution in [0.15, 0.2) is 18.7 Å². The Morgan fingerprint density at radius 3 is 2.88 bits per heavy atom. The number of hydrogen-bond acceptors (Lipinski definition) is 5. The topological polar surface area (TPSA) is 90.9 Å². The standard InChI is InChI=1S/C8H10N2O6S/c1-2-5-14-9-3-4-10(8-9)15-6-7-16-17(11,12)13/h1,3-4,8H,5-7H2/p+1. The van der Waals surface area contributed by atoms with Gasteiger partial charge < -0.3 is 9.68 Å². The highest BCUT2D eigenvalue weighted by Gasteiger charge is 2.07. The normalized spacial score (nSPS) is 10.8. The zero-order valence-corrected chi connectivity index (χ0v) is 9.54. The molecule has 1 N–H and O–H groups in total. The molecular weight excluding hydrogens is 252 g/mol. The first-order valence-electron chi connectivity index (χ1n) is 4.42. The number of nitrogens with zero attached hydrogens (tertiary/aromatic N) is 2. The highest BCUT2D eigenvalue weighted by Crippen LogP contribution is 1.84. The van der Waals surface area contributed by atoms with Crippen molar-refractivity contribution < 1.29 is 31.6 Å². The zero-order chi connectivity index (χ0) is 12.7. The van der Waals surface area contributed by atoms with Crippen molar-refractivity contribution in [1.29, 1.82) is 0 Å². The molecule has 0 spiro atoms. The third-order valence-corrected chi connectivity index (χ3v) is 1.91. The average molecular weight is 263 g/mol. The predicted octanol–water partition coefficient (Wildman–Crippen LogP) is -1.91. The molecule has 94 valence electrons. The maximum atomic E-state index is 10.2. The minimum atomic E-state index is -4.43. The lowest BCUT2D eigenvalue weighted by Gasteiger charge is -1.99. The lowest BCUT2D eigenvalue weighted by Crippen LogP contribution is -2.42. The highest BCUT2D eigenvalue weighted by molar-refractivity contribution is 7.80. The van der Waals surface area contributed by atoms with Crippen molar-refractivity contribution in [2.45, 2.75) is 0 Å². The first-order valence-corrected chi connectivity index (χ1v) is 5.79. The molecule has 1 heterocycles. The van der Waals surface area contributed by atoms with E-state index in [9.17, 15) is 8.42 Å². The van der Waals surface area contributed by atoms with Crippen LogP contribution in [0.25, 0.3) is 0 Å². The van der Waals surface area contributed by atoms with Gasteiger partial charge in [0.2, 0.25) is 0 Å². The summed E-state index contributed by atoms with van der Waals surface area (Å²) in [7, 11) is -4.43. The van der Waals surface area contributed by atoms with Gasteiger partial charge in [-0.1, -0.05) is 5.92 Å². The average Bonchev–Trinajstić information content (AvgIpc) is 2.68. The number of imidazole rings is 1. The Morgan fingerprint density at radius 2 is 2.24 bits per heavy atom. The molecule has 0 amide bonds. The molecule has 0 aliphatic carbocycles. The summed E-state index contributed by atoms with van der Waals surface area (Å²) in [6.45, 7) is -0.258. The third-order valence-electron chi connectivity index (χ3n) is 1.44. The van der Waals surface area contributed by atoms with Crippen molar-refractivity contribution in [1.82, 2.24) is 4.73 Å². The minimum absolute atomic E-state index is 0.0659. The van der Waals surface area contributed by atoms with Crippen molar-refractivity contribution in [2.75, 3.05) is 19.8 Å². The van der Waals surface area contributed by atoms with E-state index < -0.39 is 10.4 Å². The van der Waals surface area contributed by atoms with Crippen molar-refractivity contribution in [3.63, 3.8) is 0 Å². The minimum Gasteiger partial charge on any atom is -0.333 e. The molecule has 9 heteroatoms. The van der Waals surface area contributed by atoms with Crippen LogP contribution in [0.1, 0.15) is 0 Å². The molecule has 0 atom stereocenters. The molecule has 17 heavy (non-hydrogen) atoms. The van der Waals surface area contributed by atoms with E-state index in [2.05, 4.69) is 10.1 Å². The molecular formula is C8H11N2O6S+. The Morgan fingerprint density at radius 1 is 1.47 bits per heavy atom. The summed E-state index contributed by atoms with van der Waals surface area (Å²) in [5, 5.41) is 0. The second-order valence-electron chi connectivity index (χ2n) is 2.69. The van der Waals surface area contributed by atoms with Crippen LogP contribution in [-0.4, -0.2) is 37.5 Å². The maximum Gasteiger partial charge on any atom is 0.397 e. The molecule has 0 aromatic carbocycles. The van der Waals surface area contributed by atoms with Crippen molar-refractivity contribution in [3.8, 4) is 12.3 Å². The molecule has 1 aromatic rings. The van der Waals surface area contributed by atoms with E-state index in [4.69, 9.17) is 20.7 Å². The van der Waals surface area contributed by atoms with Gasteiger partial charge in [0.15, 0.2) is 25.6 Å². The van der Waals surface area contributed by atoms with E-state index in [-0.39, 0.29) is 19.8 Å². The van der Waals surface area contributed by atoms with Crippen LogP contribution in [0.3, 0.4) is 0 Å². The van der Waals surface area contributed by atoms with E-state index in [0.29, 0.717) is 0 Å². The van der Waals surface area contributed by atoms with E-state index in [1.807, 2.05) is 0 Å². The first kappa shape index (κ1) is 13.3. The molecule has 0 aliphatic heterocycles. The van der Waals surface area contributed by atoms with E-state index in [1.54, 1.807) is 6.20 Å². The second kappa shape index (κ2) is 6.09. The fourth-order valence-electron chi connectivity index (χ4n) is 0.867. The third kappa shape index (κ3) is 5.76. The summed E-state index contributed by atoms with van der Waals surface area (Å²) in [5.74, 6) is 2.29. The summed E-state index contributed by atoms with van der Waals surface area (Å²) in [6, 6.07) is 0. The van der Waals surface area contributed by atoms with E-state index in [0.717, 1.165) is 0 Å². The lowest BCUT2D eigenvalue weighted by molar-refractivity contribution is -0.891. The van der Waals surface area contributed by atoms with Gasteiger partial charge in [0, 0.05) is 0 Å². The van der Waals surface area contributed by atoms with Crippen molar-refractivity contribution >= 4 is 10.4 Å².